The molecule has 0 radical (unpaired) electrons. The number of H-pyrrole nitrogens is 1. The molecule has 0 aromatic carbocycles. The molecule has 34 heavy (non-hydrogen) atoms. The first-order valence-corrected chi connectivity index (χ1v) is 13.3. The lowest BCUT2D eigenvalue weighted by Crippen LogP contribution is -2.48. The number of hydrogen-bond acceptors (Lipinski definition) is 7. The number of thiophene rings is 2. The molecule has 5 rings (SSSR count). The van der Waals surface area contributed by atoms with Crippen LogP contribution >= 0.6 is 22.7 Å². The molecular formula is C24H30N6O2S2. The summed E-state index contributed by atoms with van der Waals surface area (Å²) < 4.78 is 2.04. The van der Waals surface area contributed by atoms with Crippen molar-refractivity contribution in [2.24, 2.45) is 5.92 Å². The topological polar surface area (TPSA) is 87.1 Å². The van der Waals surface area contributed by atoms with Crippen LogP contribution in [0.3, 0.4) is 0 Å². The Hall–Kier alpha value is -2.56. The minimum absolute atomic E-state index is 0.0632. The fourth-order valence-electron chi connectivity index (χ4n) is 4.54. The first kappa shape index (κ1) is 23.2. The van der Waals surface area contributed by atoms with E-state index >= 15 is 0 Å². The summed E-state index contributed by atoms with van der Waals surface area (Å²) in [5.74, 6) is 1.27. The Balaban J connectivity index is 1.26. The van der Waals surface area contributed by atoms with Gasteiger partial charge in [0.1, 0.15) is 15.5 Å². The van der Waals surface area contributed by atoms with Gasteiger partial charge in [-0.05, 0) is 38.3 Å². The first-order chi connectivity index (χ1) is 16.2. The van der Waals surface area contributed by atoms with Crippen LogP contribution in [0.25, 0.3) is 20.4 Å². The number of nitrogens with zero attached hydrogens (tertiary/aromatic N) is 5. The zero-order valence-electron chi connectivity index (χ0n) is 20.3. The number of fused-ring (bicyclic) bond motifs is 2. The molecule has 0 bridgehead atoms. The Morgan fingerprint density at radius 1 is 1.15 bits per heavy atom. The van der Waals surface area contributed by atoms with Gasteiger partial charge in [-0.25, -0.2) is 4.98 Å². The Kier molecular flexibility index (Phi) is 6.07. The van der Waals surface area contributed by atoms with E-state index in [1.54, 1.807) is 22.7 Å². The molecule has 1 aliphatic rings. The highest BCUT2D eigenvalue weighted by molar-refractivity contribution is 7.20. The average molecular weight is 499 g/mol. The number of carbonyl (C=O) groups is 1. The molecule has 4 aromatic heterocycles. The normalized spacial score (nSPS) is 15.3. The van der Waals surface area contributed by atoms with Crippen LogP contribution in [-0.4, -0.2) is 61.6 Å². The first-order valence-electron chi connectivity index (χ1n) is 11.7. The summed E-state index contributed by atoms with van der Waals surface area (Å²) in [5, 5.41) is 6.43. The van der Waals surface area contributed by atoms with Crippen LogP contribution in [0.1, 0.15) is 45.5 Å². The largest absolute Gasteiger partial charge is 0.335 e. The number of aryl methyl sites for hydroxylation is 3. The summed E-state index contributed by atoms with van der Waals surface area (Å²) in [5.41, 5.74) is 1.93. The molecule has 0 unspecified atom stereocenters. The van der Waals surface area contributed by atoms with Crippen LogP contribution in [0.5, 0.6) is 0 Å². The number of aromatic nitrogens is 4. The van der Waals surface area contributed by atoms with Gasteiger partial charge < -0.3 is 9.88 Å². The summed E-state index contributed by atoms with van der Waals surface area (Å²) in [6.45, 7) is 14.6. The number of carbonyl (C=O) groups excluding carboxylic acids is 1. The third kappa shape index (κ3) is 4.18. The van der Waals surface area contributed by atoms with Crippen LogP contribution in [-0.2, 0) is 13.1 Å². The van der Waals surface area contributed by atoms with Gasteiger partial charge in [-0.3, -0.25) is 19.2 Å². The number of nitrogens with one attached hydrogen (secondary N) is 1. The highest BCUT2D eigenvalue weighted by Gasteiger charge is 2.25. The van der Waals surface area contributed by atoms with E-state index in [1.165, 1.54) is 0 Å². The van der Waals surface area contributed by atoms with Crippen molar-refractivity contribution >= 4 is 49.0 Å². The van der Waals surface area contributed by atoms with E-state index in [0.717, 1.165) is 55.7 Å². The third-order valence-corrected chi connectivity index (χ3v) is 8.71. The molecule has 1 fully saturated rings. The Bertz CT molecular complexity index is 1440. The fraction of sp³-hybridized carbons (Fsp3) is 0.500. The van der Waals surface area contributed by atoms with Crippen LogP contribution in [0, 0.1) is 26.7 Å². The van der Waals surface area contributed by atoms with Gasteiger partial charge in [0, 0.05) is 43.0 Å². The van der Waals surface area contributed by atoms with Gasteiger partial charge in [-0.2, -0.15) is 5.10 Å². The lowest BCUT2D eigenvalue weighted by atomic mass is 10.2. The van der Waals surface area contributed by atoms with E-state index in [9.17, 15) is 9.59 Å². The zero-order chi connectivity index (χ0) is 24.1. The molecule has 1 amide bonds. The van der Waals surface area contributed by atoms with Crippen molar-refractivity contribution in [2.75, 3.05) is 26.2 Å². The van der Waals surface area contributed by atoms with Crippen molar-refractivity contribution in [1.29, 1.82) is 0 Å². The predicted molar refractivity (Wildman–Crippen MR) is 138 cm³/mol. The highest BCUT2D eigenvalue weighted by Crippen LogP contribution is 2.30. The molecule has 5 heterocycles. The number of amides is 1. The van der Waals surface area contributed by atoms with E-state index in [1.807, 2.05) is 36.4 Å². The van der Waals surface area contributed by atoms with Crippen LogP contribution < -0.4 is 5.56 Å². The van der Waals surface area contributed by atoms with Gasteiger partial charge in [0.2, 0.25) is 0 Å². The van der Waals surface area contributed by atoms with E-state index < -0.39 is 0 Å². The highest BCUT2D eigenvalue weighted by atomic mass is 32.1. The van der Waals surface area contributed by atoms with E-state index in [-0.39, 0.29) is 11.5 Å². The van der Waals surface area contributed by atoms with Crippen molar-refractivity contribution in [3.05, 3.63) is 43.3 Å². The second-order valence-corrected chi connectivity index (χ2v) is 11.8. The molecule has 4 aromatic rings. The van der Waals surface area contributed by atoms with Gasteiger partial charge in [0.15, 0.2) is 0 Å². The monoisotopic (exact) mass is 498 g/mol. The average Bonchev–Trinajstić information content (AvgIpc) is 3.42. The molecule has 1 saturated heterocycles. The lowest BCUT2D eigenvalue weighted by Gasteiger charge is -2.34. The number of hydrogen-bond donors (Lipinski definition) is 1. The molecular weight excluding hydrogens is 468 g/mol. The van der Waals surface area contributed by atoms with Gasteiger partial charge in [0.05, 0.1) is 22.5 Å². The number of rotatable bonds is 5. The van der Waals surface area contributed by atoms with E-state index in [4.69, 9.17) is 4.98 Å². The maximum Gasteiger partial charge on any atom is 0.264 e. The predicted octanol–water partition coefficient (Wildman–Crippen LogP) is 3.94. The smallest absolute Gasteiger partial charge is 0.264 e. The Labute approximate surface area is 206 Å². The molecule has 0 saturated carbocycles. The summed E-state index contributed by atoms with van der Waals surface area (Å²) in [7, 11) is 0. The molecule has 180 valence electrons. The third-order valence-electron chi connectivity index (χ3n) is 6.48. The summed E-state index contributed by atoms with van der Waals surface area (Å²) in [6.07, 6.45) is 0. The molecule has 0 aliphatic carbocycles. The maximum atomic E-state index is 13.2. The fourth-order valence-corrected chi connectivity index (χ4v) is 6.73. The summed E-state index contributed by atoms with van der Waals surface area (Å²) in [6, 6.07) is 2.00. The zero-order valence-corrected chi connectivity index (χ0v) is 21.9. The maximum absolute atomic E-state index is 13.2. The van der Waals surface area contributed by atoms with E-state index in [0.29, 0.717) is 36.8 Å². The summed E-state index contributed by atoms with van der Waals surface area (Å²) >= 11 is 3.12. The SMILES string of the molecule is Cc1sc2nc(CN3CCN(C(=O)c4cc5c(C)nn(CC(C)C)c5s4)CC3)[nH]c(=O)c2c1C. The minimum atomic E-state index is -0.0632. The number of aromatic amines is 1. The number of piperazine rings is 1. The lowest BCUT2D eigenvalue weighted by molar-refractivity contribution is 0.0630. The van der Waals surface area contributed by atoms with E-state index in [2.05, 4.69) is 28.8 Å². The molecule has 10 heteroatoms. The van der Waals surface area contributed by atoms with Crippen LogP contribution in [0.2, 0.25) is 0 Å². The van der Waals surface area contributed by atoms with Crippen LogP contribution in [0.4, 0.5) is 0 Å². The standard InChI is InChI=1S/C24H30N6O2S2/c1-13(2)11-30-24-17(15(4)27-30)10-18(34-24)23(32)29-8-6-28(7-9-29)12-19-25-21(31)20-14(3)16(5)33-22(20)26-19/h10,13H,6-9,11-12H2,1-5H3,(H,25,26,31). The quantitative estimate of drug-likeness (QED) is 0.450. The van der Waals surface area contributed by atoms with Gasteiger partial charge in [-0.15, -0.1) is 22.7 Å². The molecule has 0 atom stereocenters. The Morgan fingerprint density at radius 3 is 2.59 bits per heavy atom. The minimum Gasteiger partial charge on any atom is -0.335 e. The van der Waals surface area contributed by atoms with Gasteiger partial charge in [0.25, 0.3) is 11.5 Å². The van der Waals surface area contributed by atoms with Gasteiger partial charge >= 0.3 is 0 Å². The van der Waals surface area contributed by atoms with Crippen LogP contribution in [0.15, 0.2) is 10.9 Å². The second-order valence-electron chi connectivity index (χ2n) is 9.54. The van der Waals surface area contributed by atoms with Crippen molar-refractivity contribution in [3.63, 3.8) is 0 Å². The molecule has 0 spiro atoms. The summed E-state index contributed by atoms with van der Waals surface area (Å²) in [4.78, 5) is 41.4. The van der Waals surface area contributed by atoms with Gasteiger partial charge in [-0.1, -0.05) is 13.8 Å². The molecule has 8 nitrogen and oxygen atoms in total. The Morgan fingerprint density at radius 2 is 1.88 bits per heavy atom. The second kappa shape index (κ2) is 8.90. The molecule has 1 aliphatic heterocycles. The van der Waals surface area contributed by atoms with Crippen molar-refractivity contribution < 1.29 is 4.79 Å². The van der Waals surface area contributed by atoms with Crippen molar-refractivity contribution in [2.45, 2.75) is 47.7 Å². The van der Waals surface area contributed by atoms with Crippen molar-refractivity contribution in [1.82, 2.24) is 29.5 Å². The molecule has 1 N–H and O–H groups in total. The van der Waals surface area contributed by atoms with Crippen molar-refractivity contribution in [3.8, 4) is 0 Å².